The van der Waals surface area contributed by atoms with Crippen molar-refractivity contribution in [3.05, 3.63) is 10.7 Å². The highest BCUT2D eigenvalue weighted by molar-refractivity contribution is 9.10. The van der Waals surface area contributed by atoms with Gasteiger partial charge in [0.05, 0.1) is 12.6 Å². The number of aliphatic hydroxyl groups excluding tert-OH is 1. The van der Waals surface area contributed by atoms with Gasteiger partial charge in [0.2, 0.25) is 5.95 Å². The number of hydrogen-bond donors (Lipinski definition) is 3. The minimum atomic E-state index is -0.0382. The third kappa shape index (κ3) is 3.12. The minimum Gasteiger partial charge on any atom is -0.394 e. The molecule has 0 amide bonds. The van der Waals surface area contributed by atoms with E-state index in [0.717, 1.165) is 6.42 Å². The second-order valence-electron chi connectivity index (χ2n) is 2.87. The summed E-state index contributed by atoms with van der Waals surface area (Å²) >= 11 is 3.21. The first-order chi connectivity index (χ1) is 6.65. The highest BCUT2D eigenvalue weighted by atomic mass is 79.9. The van der Waals surface area contributed by atoms with Gasteiger partial charge < -0.3 is 16.2 Å². The van der Waals surface area contributed by atoms with Gasteiger partial charge in [0.25, 0.3) is 0 Å². The number of nitrogen functional groups attached to an aromatic ring is 1. The highest BCUT2D eigenvalue weighted by Crippen LogP contribution is 2.13. The number of aromatic nitrogens is 2. The molecular formula is C8H13BrN4O. The maximum absolute atomic E-state index is 8.96. The molecule has 5 nitrogen and oxygen atoms in total. The van der Waals surface area contributed by atoms with Crippen LogP contribution < -0.4 is 11.1 Å². The lowest BCUT2D eigenvalue weighted by Crippen LogP contribution is -2.24. The van der Waals surface area contributed by atoms with Crippen LogP contribution in [0.25, 0.3) is 0 Å². The van der Waals surface area contributed by atoms with E-state index in [4.69, 9.17) is 10.8 Å². The summed E-state index contributed by atoms with van der Waals surface area (Å²) in [6, 6.07) is 1.58. The van der Waals surface area contributed by atoms with Gasteiger partial charge in [-0.3, -0.25) is 0 Å². The van der Waals surface area contributed by atoms with Crippen molar-refractivity contribution in [2.75, 3.05) is 17.7 Å². The van der Waals surface area contributed by atoms with Crippen molar-refractivity contribution >= 4 is 27.7 Å². The van der Waals surface area contributed by atoms with Gasteiger partial charge in [-0.05, 0) is 22.4 Å². The van der Waals surface area contributed by atoms with Gasteiger partial charge >= 0.3 is 0 Å². The number of hydrogen-bond acceptors (Lipinski definition) is 5. The second-order valence-corrected chi connectivity index (χ2v) is 3.68. The summed E-state index contributed by atoms with van der Waals surface area (Å²) in [4.78, 5) is 8.06. The molecule has 0 bridgehead atoms. The number of nitrogens with two attached hydrogens (primary N) is 1. The fraction of sp³-hybridized carbons (Fsp3) is 0.500. The van der Waals surface area contributed by atoms with E-state index in [0.29, 0.717) is 16.4 Å². The molecule has 0 aromatic carbocycles. The van der Waals surface area contributed by atoms with Crippen molar-refractivity contribution in [2.24, 2.45) is 0 Å². The van der Waals surface area contributed by atoms with Crippen LogP contribution in [0.4, 0.5) is 11.8 Å². The van der Waals surface area contributed by atoms with Crippen LogP contribution in [-0.2, 0) is 0 Å². The molecule has 78 valence electrons. The van der Waals surface area contributed by atoms with Crippen LogP contribution in [0.3, 0.4) is 0 Å². The first-order valence-corrected chi connectivity index (χ1v) is 5.12. The molecule has 1 atom stereocenters. The number of halogens is 1. The number of nitrogens with one attached hydrogen (secondary N) is 1. The average Bonchev–Trinajstić information content (AvgIpc) is 2.12. The van der Waals surface area contributed by atoms with E-state index in [1.54, 1.807) is 6.07 Å². The van der Waals surface area contributed by atoms with Gasteiger partial charge in [0, 0.05) is 6.07 Å². The van der Waals surface area contributed by atoms with Crippen molar-refractivity contribution in [3.63, 3.8) is 0 Å². The molecule has 14 heavy (non-hydrogen) atoms. The Morgan fingerprint density at radius 3 is 2.86 bits per heavy atom. The van der Waals surface area contributed by atoms with E-state index in [1.165, 1.54) is 0 Å². The first kappa shape index (κ1) is 11.2. The molecule has 0 saturated heterocycles. The van der Waals surface area contributed by atoms with Crippen LogP contribution in [0.15, 0.2) is 10.7 Å². The molecule has 0 fully saturated rings. The highest BCUT2D eigenvalue weighted by Gasteiger charge is 2.07. The lowest BCUT2D eigenvalue weighted by molar-refractivity contribution is 0.271. The number of rotatable bonds is 4. The van der Waals surface area contributed by atoms with Gasteiger partial charge in [0.1, 0.15) is 10.4 Å². The maximum Gasteiger partial charge on any atom is 0.226 e. The average molecular weight is 261 g/mol. The van der Waals surface area contributed by atoms with Crippen molar-refractivity contribution in [2.45, 2.75) is 19.4 Å². The predicted octanol–water partition coefficient (Wildman–Crippen LogP) is 1.00. The van der Waals surface area contributed by atoms with E-state index in [9.17, 15) is 0 Å². The smallest absolute Gasteiger partial charge is 0.226 e. The molecule has 1 rings (SSSR count). The molecule has 0 aliphatic carbocycles. The third-order valence-electron chi connectivity index (χ3n) is 1.76. The molecule has 4 N–H and O–H groups in total. The number of aliphatic hydroxyl groups is 1. The summed E-state index contributed by atoms with van der Waals surface area (Å²) in [6.07, 6.45) is 0.798. The molecule has 1 unspecified atom stereocenters. The van der Waals surface area contributed by atoms with Crippen LogP contribution >= 0.6 is 15.9 Å². The molecule has 0 aliphatic rings. The van der Waals surface area contributed by atoms with Gasteiger partial charge in [-0.15, -0.1) is 0 Å². The summed E-state index contributed by atoms with van der Waals surface area (Å²) < 4.78 is 0.625. The van der Waals surface area contributed by atoms with Crippen molar-refractivity contribution in [3.8, 4) is 0 Å². The standard InChI is InChI=1S/C8H13BrN4O/c1-2-5(4-14)11-8-12-6(9)3-7(10)13-8/h3,5,14H,2,4H2,1H3,(H3,10,11,12,13). The molecule has 1 heterocycles. The van der Waals surface area contributed by atoms with Crippen LogP contribution in [0.2, 0.25) is 0 Å². The van der Waals surface area contributed by atoms with Crippen LogP contribution in [0.5, 0.6) is 0 Å². The zero-order valence-electron chi connectivity index (χ0n) is 7.87. The largest absolute Gasteiger partial charge is 0.394 e. The predicted molar refractivity (Wildman–Crippen MR) is 58.9 cm³/mol. The summed E-state index contributed by atoms with van der Waals surface area (Å²) in [5.41, 5.74) is 5.53. The molecule has 6 heteroatoms. The third-order valence-corrected chi connectivity index (χ3v) is 2.17. The van der Waals surface area contributed by atoms with E-state index >= 15 is 0 Å². The SMILES string of the molecule is CCC(CO)Nc1nc(N)cc(Br)n1. The Bertz CT molecular complexity index is 283. The molecule has 0 spiro atoms. The minimum absolute atomic E-state index is 0.0382. The molecule has 0 saturated carbocycles. The molecule has 1 aromatic rings. The Morgan fingerprint density at radius 2 is 2.36 bits per heavy atom. The van der Waals surface area contributed by atoms with Crippen molar-refractivity contribution < 1.29 is 5.11 Å². The number of nitrogens with zero attached hydrogens (tertiary/aromatic N) is 2. The summed E-state index contributed by atoms with van der Waals surface area (Å²) in [5, 5.41) is 11.9. The van der Waals surface area contributed by atoms with Gasteiger partial charge in [-0.2, -0.15) is 4.98 Å². The van der Waals surface area contributed by atoms with E-state index in [-0.39, 0.29) is 12.6 Å². The van der Waals surface area contributed by atoms with Crippen LogP contribution in [-0.4, -0.2) is 27.7 Å². The normalized spacial score (nSPS) is 12.5. The Balaban J connectivity index is 2.75. The van der Waals surface area contributed by atoms with E-state index < -0.39 is 0 Å². The zero-order chi connectivity index (χ0) is 10.6. The summed E-state index contributed by atoms with van der Waals surface area (Å²) in [7, 11) is 0. The van der Waals surface area contributed by atoms with Gasteiger partial charge in [-0.25, -0.2) is 4.98 Å². The number of anilines is 2. The quantitative estimate of drug-likeness (QED) is 0.704. The van der Waals surface area contributed by atoms with E-state index in [2.05, 4.69) is 31.2 Å². The summed E-state index contributed by atoms with van der Waals surface area (Å²) in [5.74, 6) is 0.819. The maximum atomic E-state index is 8.96. The molecule has 0 radical (unpaired) electrons. The Kier molecular flexibility index (Phi) is 4.09. The zero-order valence-corrected chi connectivity index (χ0v) is 9.45. The topological polar surface area (TPSA) is 84.1 Å². The molecular weight excluding hydrogens is 248 g/mol. The monoisotopic (exact) mass is 260 g/mol. The second kappa shape index (κ2) is 5.11. The molecule has 1 aromatic heterocycles. The van der Waals surface area contributed by atoms with Crippen LogP contribution in [0.1, 0.15) is 13.3 Å². The molecule has 0 aliphatic heterocycles. The van der Waals surface area contributed by atoms with Gasteiger partial charge in [0.15, 0.2) is 0 Å². The van der Waals surface area contributed by atoms with Crippen LogP contribution in [0, 0.1) is 0 Å². The van der Waals surface area contributed by atoms with E-state index in [1.807, 2.05) is 6.92 Å². The fourth-order valence-corrected chi connectivity index (χ4v) is 1.36. The Labute approximate surface area is 90.9 Å². The lowest BCUT2D eigenvalue weighted by Gasteiger charge is -2.13. The lowest BCUT2D eigenvalue weighted by atomic mass is 10.2. The Morgan fingerprint density at radius 1 is 1.64 bits per heavy atom. The van der Waals surface area contributed by atoms with Crippen molar-refractivity contribution in [1.82, 2.24) is 9.97 Å². The fourth-order valence-electron chi connectivity index (χ4n) is 0.959. The summed E-state index contributed by atoms with van der Waals surface area (Å²) in [6.45, 7) is 2.02. The van der Waals surface area contributed by atoms with Crippen molar-refractivity contribution in [1.29, 1.82) is 0 Å². The Hall–Kier alpha value is -0.880. The van der Waals surface area contributed by atoms with Gasteiger partial charge in [-0.1, -0.05) is 6.92 Å². The first-order valence-electron chi connectivity index (χ1n) is 4.33.